The van der Waals surface area contributed by atoms with Gasteiger partial charge in [-0.25, -0.2) is 0 Å². The first-order valence-electron chi connectivity index (χ1n) is 12.1. The lowest BCUT2D eigenvalue weighted by Crippen LogP contribution is -2.55. The highest BCUT2D eigenvalue weighted by Crippen LogP contribution is 2.49. The number of nitrogens with zero attached hydrogens (tertiary/aromatic N) is 5. The second-order valence-electron chi connectivity index (χ2n) is 9.77. The van der Waals surface area contributed by atoms with E-state index >= 15 is 0 Å². The van der Waals surface area contributed by atoms with E-state index in [9.17, 15) is 10.1 Å². The van der Waals surface area contributed by atoms with E-state index in [-0.39, 0.29) is 23.8 Å². The Hall–Kier alpha value is -3.40. The van der Waals surface area contributed by atoms with E-state index in [0.29, 0.717) is 25.6 Å². The quantitative estimate of drug-likeness (QED) is 0.656. The van der Waals surface area contributed by atoms with Crippen LogP contribution in [0, 0.1) is 18.3 Å². The third-order valence-electron chi connectivity index (χ3n) is 7.87. The Morgan fingerprint density at radius 1 is 1.32 bits per heavy atom. The second-order valence-corrected chi connectivity index (χ2v) is 9.77. The summed E-state index contributed by atoms with van der Waals surface area (Å²) in [5.74, 6) is 0.770. The molecule has 1 aromatic carbocycles. The van der Waals surface area contributed by atoms with Crippen molar-refractivity contribution in [3.8, 4) is 12.1 Å². The lowest BCUT2D eigenvalue weighted by molar-refractivity contribution is -0.128. The number of hydrogen-bond acceptors (Lipinski definition) is 6. The van der Waals surface area contributed by atoms with Crippen LogP contribution < -0.4 is 9.64 Å². The molecule has 1 fully saturated rings. The maximum Gasteiger partial charge on any atom is 0.318 e. The predicted molar refractivity (Wildman–Crippen MR) is 130 cm³/mol. The standard InChI is InChI=1S/C27H31N5O2/c1-4-24(33)32-14-13-31(17-20(32)9-12-28)25-21-8-11-27(16-23(21)29-26(30-25)34-3)10-7-19-6-5-18(2)15-22(19)27/h4-6,15,20H,1,7-11,13-14,16-17H2,2-3H3. The molecule has 3 aliphatic rings. The molecule has 34 heavy (non-hydrogen) atoms. The monoisotopic (exact) mass is 457 g/mol. The normalized spacial score (nSPS) is 23.3. The number of fused-ring (bicyclic) bond motifs is 3. The molecule has 0 bridgehead atoms. The van der Waals surface area contributed by atoms with Crippen LogP contribution in [0.4, 0.5) is 5.82 Å². The number of methoxy groups -OCH3 is 1. The van der Waals surface area contributed by atoms with E-state index < -0.39 is 0 Å². The minimum absolute atomic E-state index is 0.126. The van der Waals surface area contributed by atoms with Gasteiger partial charge >= 0.3 is 6.01 Å². The van der Waals surface area contributed by atoms with Crippen LogP contribution in [0.5, 0.6) is 6.01 Å². The minimum Gasteiger partial charge on any atom is -0.467 e. The van der Waals surface area contributed by atoms with Crippen LogP contribution in [0.3, 0.4) is 0 Å². The van der Waals surface area contributed by atoms with E-state index in [0.717, 1.165) is 43.6 Å². The van der Waals surface area contributed by atoms with Crippen molar-refractivity contribution in [3.05, 3.63) is 58.8 Å². The lowest BCUT2D eigenvalue weighted by atomic mass is 9.69. The number of aryl methyl sites for hydroxylation is 2. The molecule has 176 valence electrons. The van der Waals surface area contributed by atoms with Gasteiger partial charge in [-0.15, -0.1) is 0 Å². The smallest absolute Gasteiger partial charge is 0.318 e. The zero-order valence-electron chi connectivity index (χ0n) is 20.0. The molecule has 1 amide bonds. The number of hydrogen-bond donors (Lipinski definition) is 0. The molecule has 1 aliphatic heterocycles. The first-order chi connectivity index (χ1) is 16.5. The number of rotatable bonds is 4. The predicted octanol–water partition coefficient (Wildman–Crippen LogP) is 3.28. The molecule has 0 radical (unpaired) electrons. The summed E-state index contributed by atoms with van der Waals surface area (Å²) in [6, 6.07) is 9.30. The molecule has 1 aromatic heterocycles. The summed E-state index contributed by atoms with van der Waals surface area (Å²) in [6.45, 7) is 7.54. The zero-order valence-corrected chi connectivity index (χ0v) is 20.0. The largest absolute Gasteiger partial charge is 0.467 e. The molecule has 0 saturated carbocycles. The molecule has 2 aromatic rings. The molecule has 7 nitrogen and oxygen atoms in total. The van der Waals surface area contributed by atoms with Crippen LogP contribution in [0.25, 0.3) is 0 Å². The fourth-order valence-electron chi connectivity index (χ4n) is 6.11. The SMILES string of the molecule is C=CC(=O)N1CCN(c2nc(OC)nc3c2CCC2(CCc4ccc(C)cc42)C3)CC1CC#N. The van der Waals surface area contributed by atoms with E-state index in [1.807, 2.05) is 0 Å². The number of amides is 1. The highest BCUT2D eigenvalue weighted by Gasteiger charge is 2.43. The van der Waals surface area contributed by atoms with Gasteiger partial charge in [-0.2, -0.15) is 15.2 Å². The van der Waals surface area contributed by atoms with Crippen molar-refractivity contribution in [3.63, 3.8) is 0 Å². The van der Waals surface area contributed by atoms with Gasteiger partial charge in [0.05, 0.1) is 31.3 Å². The first kappa shape index (κ1) is 22.4. The van der Waals surface area contributed by atoms with Crippen molar-refractivity contribution in [2.75, 3.05) is 31.6 Å². The summed E-state index contributed by atoms with van der Waals surface area (Å²) in [5, 5.41) is 9.36. The number of piperazine rings is 1. The Morgan fingerprint density at radius 2 is 2.15 bits per heavy atom. The Kier molecular flexibility index (Phi) is 5.76. The third-order valence-corrected chi connectivity index (χ3v) is 7.87. The number of aromatic nitrogens is 2. The minimum atomic E-state index is -0.194. The summed E-state index contributed by atoms with van der Waals surface area (Å²) in [4.78, 5) is 25.9. The number of carbonyl (C=O) groups is 1. The molecular weight excluding hydrogens is 426 g/mol. The topological polar surface area (TPSA) is 82.3 Å². The third kappa shape index (κ3) is 3.71. The van der Waals surface area contributed by atoms with Crippen LogP contribution in [-0.4, -0.2) is 53.6 Å². The number of benzene rings is 1. The fraction of sp³-hybridized carbons (Fsp3) is 0.481. The average Bonchev–Trinajstić information content (AvgIpc) is 3.19. The fourth-order valence-corrected chi connectivity index (χ4v) is 6.11. The Balaban J connectivity index is 1.49. The molecule has 2 atom stereocenters. The number of ether oxygens (including phenoxy) is 1. The maximum absolute atomic E-state index is 12.3. The highest BCUT2D eigenvalue weighted by atomic mass is 16.5. The van der Waals surface area contributed by atoms with Gasteiger partial charge in [-0.1, -0.05) is 30.3 Å². The van der Waals surface area contributed by atoms with E-state index in [4.69, 9.17) is 14.7 Å². The molecule has 2 unspecified atom stereocenters. The second kappa shape index (κ2) is 8.75. The van der Waals surface area contributed by atoms with Crippen LogP contribution in [0.15, 0.2) is 30.9 Å². The van der Waals surface area contributed by atoms with Gasteiger partial charge < -0.3 is 14.5 Å². The van der Waals surface area contributed by atoms with Crippen molar-refractivity contribution in [2.45, 2.75) is 56.9 Å². The molecule has 1 spiro atoms. The van der Waals surface area contributed by atoms with Crippen molar-refractivity contribution in [1.29, 1.82) is 5.26 Å². The molecule has 2 aliphatic carbocycles. The van der Waals surface area contributed by atoms with Crippen molar-refractivity contribution in [2.24, 2.45) is 0 Å². The summed E-state index contributed by atoms with van der Waals surface area (Å²) in [7, 11) is 1.61. The first-order valence-corrected chi connectivity index (χ1v) is 12.1. The number of anilines is 1. The zero-order chi connectivity index (χ0) is 23.9. The Bertz CT molecular complexity index is 1190. The summed E-state index contributed by atoms with van der Waals surface area (Å²) in [5.41, 5.74) is 6.65. The molecule has 2 heterocycles. The van der Waals surface area contributed by atoms with Crippen molar-refractivity contribution < 1.29 is 9.53 Å². The van der Waals surface area contributed by atoms with Crippen molar-refractivity contribution in [1.82, 2.24) is 14.9 Å². The van der Waals surface area contributed by atoms with Gasteiger partial charge in [-0.05, 0) is 56.2 Å². The Morgan fingerprint density at radius 3 is 2.91 bits per heavy atom. The van der Waals surface area contributed by atoms with Crippen LogP contribution in [0.2, 0.25) is 0 Å². The molecular formula is C27H31N5O2. The maximum atomic E-state index is 12.3. The molecule has 0 N–H and O–H groups in total. The van der Waals surface area contributed by atoms with Crippen LogP contribution in [-0.2, 0) is 29.5 Å². The number of carbonyl (C=O) groups excluding carboxylic acids is 1. The van der Waals surface area contributed by atoms with Crippen LogP contribution >= 0.6 is 0 Å². The van der Waals surface area contributed by atoms with E-state index in [1.165, 1.54) is 28.3 Å². The molecule has 1 saturated heterocycles. The molecule has 5 rings (SSSR count). The van der Waals surface area contributed by atoms with Gasteiger partial charge in [0.15, 0.2) is 0 Å². The number of nitriles is 1. The van der Waals surface area contributed by atoms with Gasteiger partial charge in [0.25, 0.3) is 0 Å². The summed E-state index contributed by atoms with van der Waals surface area (Å²) >= 11 is 0. The van der Waals surface area contributed by atoms with E-state index in [2.05, 4.69) is 42.7 Å². The highest BCUT2D eigenvalue weighted by molar-refractivity contribution is 5.87. The Labute approximate surface area is 201 Å². The van der Waals surface area contributed by atoms with Gasteiger partial charge in [0.2, 0.25) is 5.91 Å². The average molecular weight is 458 g/mol. The van der Waals surface area contributed by atoms with E-state index in [1.54, 1.807) is 12.0 Å². The summed E-state index contributed by atoms with van der Waals surface area (Å²) in [6.07, 6.45) is 6.76. The van der Waals surface area contributed by atoms with Gasteiger partial charge in [0.1, 0.15) is 5.82 Å². The van der Waals surface area contributed by atoms with Crippen molar-refractivity contribution >= 4 is 11.7 Å². The van der Waals surface area contributed by atoms with Crippen LogP contribution in [0.1, 0.15) is 47.2 Å². The lowest BCUT2D eigenvalue weighted by Gasteiger charge is -2.42. The van der Waals surface area contributed by atoms with Gasteiger partial charge in [0, 0.05) is 30.6 Å². The molecule has 7 heteroatoms. The summed E-state index contributed by atoms with van der Waals surface area (Å²) < 4.78 is 5.52. The van der Waals surface area contributed by atoms with Gasteiger partial charge in [-0.3, -0.25) is 4.79 Å².